The number of benzene rings is 1. The van der Waals surface area contributed by atoms with Crippen LogP contribution in [0.2, 0.25) is 0 Å². The predicted octanol–water partition coefficient (Wildman–Crippen LogP) is 1.94. The maximum Gasteiger partial charge on any atom is 0.254 e. The highest BCUT2D eigenvalue weighted by atomic mass is 32.1. The number of carbonyl (C=O) groups excluding carboxylic acids is 1. The van der Waals surface area contributed by atoms with Crippen molar-refractivity contribution < 1.29 is 9.90 Å². The highest BCUT2D eigenvalue weighted by Gasteiger charge is 2.29. The Morgan fingerprint density at radius 2 is 2.26 bits per heavy atom. The minimum atomic E-state index is -0.367. The molecule has 1 aromatic carbocycles. The highest BCUT2D eigenvalue weighted by Crippen LogP contribution is 2.23. The largest absolute Gasteiger partial charge is 0.389 e. The summed E-state index contributed by atoms with van der Waals surface area (Å²) in [7, 11) is 0. The first kappa shape index (κ1) is 12.3. The average Bonchev–Trinajstić information content (AvgIpc) is 2.81. The van der Waals surface area contributed by atoms with E-state index < -0.39 is 0 Å². The number of hydrogen-bond donors (Lipinski definition) is 1. The second kappa shape index (κ2) is 4.75. The molecule has 4 nitrogen and oxygen atoms in total. The number of aliphatic hydroxyl groups excluding tert-OH is 1. The Morgan fingerprint density at radius 1 is 1.47 bits per heavy atom. The summed E-state index contributed by atoms with van der Waals surface area (Å²) in [5.74, 6) is -0.0286. The van der Waals surface area contributed by atoms with E-state index in [1.165, 1.54) is 0 Å². The van der Waals surface area contributed by atoms with Gasteiger partial charge in [-0.1, -0.05) is 12.1 Å². The van der Waals surface area contributed by atoms with E-state index in [4.69, 9.17) is 0 Å². The lowest BCUT2D eigenvalue weighted by atomic mass is 10.1. The number of aryl methyl sites for hydroxylation is 1. The molecule has 1 aromatic heterocycles. The lowest BCUT2D eigenvalue weighted by Crippen LogP contribution is -2.53. The van der Waals surface area contributed by atoms with Crippen LogP contribution in [0.15, 0.2) is 29.6 Å². The van der Waals surface area contributed by atoms with Gasteiger partial charge in [0, 0.05) is 29.6 Å². The number of carbonyl (C=O) groups is 1. The predicted molar refractivity (Wildman–Crippen MR) is 74.2 cm³/mol. The van der Waals surface area contributed by atoms with Crippen LogP contribution in [-0.4, -0.2) is 40.1 Å². The monoisotopic (exact) mass is 274 g/mol. The average molecular weight is 274 g/mol. The lowest BCUT2D eigenvalue weighted by Gasteiger charge is -2.35. The summed E-state index contributed by atoms with van der Waals surface area (Å²) in [4.78, 5) is 18.2. The second-order valence-electron chi connectivity index (χ2n) is 4.70. The van der Waals surface area contributed by atoms with E-state index in [0.717, 1.165) is 16.3 Å². The zero-order chi connectivity index (χ0) is 13.4. The van der Waals surface area contributed by atoms with Crippen molar-refractivity contribution in [2.75, 3.05) is 13.1 Å². The van der Waals surface area contributed by atoms with Gasteiger partial charge in [0.25, 0.3) is 5.91 Å². The Balaban J connectivity index is 1.85. The number of aliphatic hydroxyl groups is 1. The van der Waals surface area contributed by atoms with Crippen LogP contribution in [0.3, 0.4) is 0 Å². The fourth-order valence-electron chi connectivity index (χ4n) is 2.11. The standard InChI is InChI=1S/C14H14N2O2S/c1-9-15-13(8-19-9)10-3-2-4-11(5-10)14(18)16-6-12(17)7-16/h2-5,8,12,17H,6-7H2,1H3. The number of amides is 1. The Hall–Kier alpha value is -1.72. The van der Waals surface area contributed by atoms with E-state index in [0.29, 0.717) is 18.7 Å². The summed E-state index contributed by atoms with van der Waals surface area (Å²) in [5, 5.41) is 12.3. The minimum absolute atomic E-state index is 0.0286. The molecule has 3 rings (SSSR count). The molecular weight excluding hydrogens is 260 g/mol. The Bertz CT molecular complexity index is 617. The number of thiazole rings is 1. The summed E-state index contributed by atoms with van der Waals surface area (Å²) < 4.78 is 0. The smallest absolute Gasteiger partial charge is 0.254 e. The van der Waals surface area contributed by atoms with Gasteiger partial charge in [-0.05, 0) is 19.1 Å². The lowest BCUT2D eigenvalue weighted by molar-refractivity contribution is 0.00590. The van der Waals surface area contributed by atoms with Crippen LogP contribution in [0.5, 0.6) is 0 Å². The Labute approximate surface area is 115 Å². The minimum Gasteiger partial charge on any atom is -0.389 e. The molecule has 1 fully saturated rings. The first-order chi connectivity index (χ1) is 9.13. The summed E-state index contributed by atoms with van der Waals surface area (Å²) in [6, 6.07) is 7.49. The van der Waals surface area contributed by atoms with Crippen molar-refractivity contribution in [3.63, 3.8) is 0 Å². The van der Waals surface area contributed by atoms with Gasteiger partial charge in [0.1, 0.15) is 0 Å². The van der Waals surface area contributed by atoms with E-state index >= 15 is 0 Å². The highest BCUT2D eigenvalue weighted by molar-refractivity contribution is 7.09. The number of hydrogen-bond acceptors (Lipinski definition) is 4. The maximum absolute atomic E-state index is 12.2. The normalized spacial score (nSPS) is 15.4. The molecule has 0 spiro atoms. The zero-order valence-corrected chi connectivity index (χ0v) is 11.4. The number of nitrogens with zero attached hydrogens (tertiary/aromatic N) is 2. The molecule has 0 saturated carbocycles. The van der Waals surface area contributed by atoms with Crippen molar-refractivity contribution in [3.8, 4) is 11.3 Å². The van der Waals surface area contributed by atoms with Gasteiger partial charge in [-0.15, -0.1) is 11.3 Å². The van der Waals surface area contributed by atoms with E-state index in [-0.39, 0.29) is 12.0 Å². The Kier molecular flexibility index (Phi) is 3.08. The molecule has 98 valence electrons. The number of β-amino-alcohol motifs (C(OH)–C–C–N with tert-alkyl or cyclic N) is 1. The molecule has 2 heterocycles. The SMILES string of the molecule is Cc1nc(-c2cccc(C(=O)N3CC(O)C3)c2)cs1. The van der Waals surface area contributed by atoms with Crippen LogP contribution in [0.25, 0.3) is 11.3 Å². The second-order valence-corrected chi connectivity index (χ2v) is 5.76. The maximum atomic E-state index is 12.2. The molecule has 1 amide bonds. The molecule has 0 radical (unpaired) electrons. The van der Waals surface area contributed by atoms with Crippen LogP contribution in [0.4, 0.5) is 0 Å². The fraction of sp³-hybridized carbons (Fsp3) is 0.286. The van der Waals surface area contributed by atoms with Crippen LogP contribution >= 0.6 is 11.3 Å². The van der Waals surface area contributed by atoms with Crippen LogP contribution in [0, 0.1) is 6.92 Å². The molecule has 1 aliphatic rings. The van der Waals surface area contributed by atoms with Crippen molar-refractivity contribution in [1.82, 2.24) is 9.88 Å². The van der Waals surface area contributed by atoms with Crippen molar-refractivity contribution >= 4 is 17.2 Å². The number of rotatable bonds is 2. The van der Waals surface area contributed by atoms with Crippen LogP contribution < -0.4 is 0 Å². The van der Waals surface area contributed by atoms with Gasteiger partial charge >= 0.3 is 0 Å². The van der Waals surface area contributed by atoms with Crippen molar-refractivity contribution in [2.24, 2.45) is 0 Å². The van der Waals surface area contributed by atoms with E-state index in [1.54, 1.807) is 22.3 Å². The summed E-state index contributed by atoms with van der Waals surface area (Å²) in [5.41, 5.74) is 2.51. The van der Waals surface area contributed by atoms with Crippen LogP contribution in [-0.2, 0) is 0 Å². The van der Waals surface area contributed by atoms with E-state index in [1.807, 2.05) is 30.5 Å². The third-order valence-corrected chi connectivity index (χ3v) is 3.95. The fourth-order valence-corrected chi connectivity index (χ4v) is 2.73. The molecule has 5 heteroatoms. The van der Waals surface area contributed by atoms with Crippen LogP contribution in [0.1, 0.15) is 15.4 Å². The molecule has 1 aliphatic heterocycles. The molecule has 19 heavy (non-hydrogen) atoms. The van der Waals surface area contributed by atoms with Crippen molar-refractivity contribution in [2.45, 2.75) is 13.0 Å². The van der Waals surface area contributed by atoms with Gasteiger partial charge in [-0.25, -0.2) is 4.98 Å². The zero-order valence-electron chi connectivity index (χ0n) is 10.5. The molecule has 0 unspecified atom stereocenters. The topological polar surface area (TPSA) is 53.4 Å². The van der Waals surface area contributed by atoms with Crippen molar-refractivity contribution in [1.29, 1.82) is 0 Å². The molecule has 0 bridgehead atoms. The summed E-state index contributed by atoms with van der Waals surface area (Å²) >= 11 is 1.60. The molecule has 2 aromatic rings. The number of likely N-dealkylation sites (tertiary alicyclic amines) is 1. The van der Waals surface area contributed by atoms with Gasteiger partial charge in [0.05, 0.1) is 16.8 Å². The Morgan fingerprint density at radius 3 is 2.89 bits per heavy atom. The summed E-state index contributed by atoms with van der Waals surface area (Å²) in [6.45, 7) is 2.82. The van der Waals surface area contributed by atoms with E-state index in [2.05, 4.69) is 4.98 Å². The van der Waals surface area contributed by atoms with Gasteiger partial charge in [0.2, 0.25) is 0 Å². The van der Waals surface area contributed by atoms with Gasteiger partial charge in [0.15, 0.2) is 0 Å². The third-order valence-electron chi connectivity index (χ3n) is 3.17. The molecular formula is C14H14N2O2S. The molecule has 1 saturated heterocycles. The molecule has 1 N–H and O–H groups in total. The summed E-state index contributed by atoms with van der Waals surface area (Å²) in [6.07, 6.45) is -0.367. The van der Waals surface area contributed by atoms with Crippen molar-refractivity contribution in [3.05, 3.63) is 40.2 Å². The molecule has 0 atom stereocenters. The third kappa shape index (κ3) is 2.39. The van der Waals surface area contributed by atoms with Gasteiger partial charge in [-0.2, -0.15) is 0 Å². The first-order valence-corrected chi connectivity index (χ1v) is 7.01. The van der Waals surface area contributed by atoms with Gasteiger partial charge < -0.3 is 10.0 Å². The first-order valence-electron chi connectivity index (χ1n) is 6.13. The van der Waals surface area contributed by atoms with E-state index in [9.17, 15) is 9.90 Å². The van der Waals surface area contributed by atoms with Gasteiger partial charge in [-0.3, -0.25) is 4.79 Å². The molecule has 0 aliphatic carbocycles. The number of aromatic nitrogens is 1. The quantitative estimate of drug-likeness (QED) is 0.910.